The van der Waals surface area contributed by atoms with Gasteiger partial charge >= 0.3 is 0 Å². The van der Waals surface area contributed by atoms with Crippen LogP contribution in [-0.4, -0.2) is 21.1 Å². The van der Waals surface area contributed by atoms with Crippen molar-refractivity contribution in [2.24, 2.45) is 5.92 Å². The molecule has 1 fully saturated rings. The standard InChI is InChI=1S/C22H13Cl5FN3O2/c23-11-5-10(6-12(24)7-11)18-19(22(18,26)27)21(33)30-14-2-3-15(25)17(8-14)31-20(32)16-4-1-13(28)9-29-16/h1-9,18-19H,(H,30,33)(H,31,32). The first-order valence-corrected chi connectivity index (χ1v) is 11.3. The number of aromatic nitrogens is 1. The summed E-state index contributed by atoms with van der Waals surface area (Å²) in [5, 5.41) is 6.34. The molecule has 3 aromatic rings. The molecule has 2 amide bonds. The highest BCUT2D eigenvalue weighted by Gasteiger charge is 2.67. The van der Waals surface area contributed by atoms with Gasteiger partial charge in [-0.05, 0) is 54.1 Å². The number of rotatable bonds is 5. The molecule has 0 bridgehead atoms. The van der Waals surface area contributed by atoms with Crippen molar-refractivity contribution < 1.29 is 14.0 Å². The van der Waals surface area contributed by atoms with E-state index in [1.165, 1.54) is 18.2 Å². The number of carbonyl (C=O) groups excluding carboxylic acids is 2. The maximum atomic E-state index is 13.0. The van der Waals surface area contributed by atoms with Crippen LogP contribution in [0, 0.1) is 11.7 Å². The number of nitrogens with zero attached hydrogens (tertiary/aromatic N) is 1. The van der Waals surface area contributed by atoms with E-state index in [1.54, 1.807) is 24.3 Å². The van der Waals surface area contributed by atoms with Crippen LogP contribution in [0.1, 0.15) is 22.0 Å². The zero-order valence-electron chi connectivity index (χ0n) is 16.4. The molecule has 1 heterocycles. The zero-order valence-corrected chi connectivity index (χ0v) is 20.2. The molecule has 0 spiro atoms. The van der Waals surface area contributed by atoms with Gasteiger partial charge in [-0.15, -0.1) is 23.2 Å². The molecule has 170 valence electrons. The van der Waals surface area contributed by atoms with Crippen LogP contribution in [0.2, 0.25) is 15.1 Å². The van der Waals surface area contributed by atoms with Gasteiger partial charge in [-0.2, -0.15) is 0 Å². The normalized spacial score (nSPS) is 18.5. The van der Waals surface area contributed by atoms with Crippen molar-refractivity contribution >= 4 is 81.2 Å². The van der Waals surface area contributed by atoms with E-state index in [1.807, 2.05) is 0 Å². The summed E-state index contributed by atoms with van der Waals surface area (Å²) in [6, 6.07) is 11.8. The largest absolute Gasteiger partial charge is 0.326 e. The van der Waals surface area contributed by atoms with Crippen molar-refractivity contribution in [2.45, 2.75) is 10.3 Å². The number of alkyl halides is 2. The van der Waals surface area contributed by atoms with Crippen molar-refractivity contribution in [3.05, 3.63) is 86.9 Å². The van der Waals surface area contributed by atoms with E-state index in [2.05, 4.69) is 15.6 Å². The fourth-order valence-electron chi connectivity index (χ4n) is 3.44. The van der Waals surface area contributed by atoms with Crippen LogP contribution in [0.25, 0.3) is 0 Å². The molecule has 2 aromatic carbocycles. The van der Waals surface area contributed by atoms with Crippen molar-refractivity contribution in [1.82, 2.24) is 4.98 Å². The number of halogens is 6. The van der Waals surface area contributed by atoms with Gasteiger partial charge in [0, 0.05) is 21.7 Å². The molecule has 0 saturated heterocycles. The third kappa shape index (κ3) is 5.20. The minimum Gasteiger partial charge on any atom is -0.326 e. The van der Waals surface area contributed by atoms with Gasteiger partial charge in [0.15, 0.2) is 0 Å². The maximum absolute atomic E-state index is 13.0. The Morgan fingerprint density at radius 3 is 2.27 bits per heavy atom. The van der Waals surface area contributed by atoms with Crippen molar-refractivity contribution in [2.75, 3.05) is 10.6 Å². The molecule has 2 unspecified atom stereocenters. The monoisotopic (exact) mass is 545 g/mol. The van der Waals surface area contributed by atoms with Crippen LogP contribution < -0.4 is 10.6 Å². The van der Waals surface area contributed by atoms with Crippen molar-refractivity contribution in [3.63, 3.8) is 0 Å². The summed E-state index contributed by atoms with van der Waals surface area (Å²) in [6.45, 7) is 0. The fourth-order valence-corrected chi connectivity index (χ4v) is 4.97. The third-order valence-corrected chi connectivity index (χ3v) is 6.73. The first-order valence-electron chi connectivity index (χ1n) is 9.43. The van der Waals surface area contributed by atoms with Gasteiger partial charge in [-0.3, -0.25) is 9.59 Å². The van der Waals surface area contributed by atoms with E-state index >= 15 is 0 Å². The summed E-state index contributed by atoms with van der Waals surface area (Å²) in [5.41, 5.74) is 1.22. The van der Waals surface area contributed by atoms with Crippen LogP contribution in [0.4, 0.5) is 15.8 Å². The Morgan fingerprint density at radius 1 is 0.939 bits per heavy atom. The molecule has 33 heavy (non-hydrogen) atoms. The first-order chi connectivity index (χ1) is 15.6. The Labute approximate surface area is 213 Å². The smallest absolute Gasteiger partial charge is 0.274 e. The first kappa shape index (κ1) is 24.0. The minimum atomic E-state index is -1.34. The second-order valence-corrected chi connectivity index (χ2v) is 10.1. The predicted molar refractivity (Wildman–Crippen MR) is 129 cm³/mol. The summed E-state index contributed by atoms with van der Waals surface area (Å²) in [6.07, 6.45) is 0.927. The van der Waals surface area contributed by atoms with E-state index in [4.69, 9.17) is 58.0 Å². The minimum absolute atomic E-state index is 0.00280. The summed E-state index contributed by atoms with van der Waals surface area (Å²) in [5.74, 6) is -2.86. The van der Waals surface area contributed by atoms with Crippen LogP contribution in [0.3, 0.4) is 0 Å². The van der Waals surface area contributed by atoms with E-state index in [0.29, 0.717) is 21.3 Å². The Morgan fingerprint density at radius 2 is 1.64 bits per heavy atom. The van der Waals surface area contributed by atoms with E-state index < -0.39 is 33.8 Å². The lowest BCUT2D eigenvalue weighted by Gasteiger charge is -2.11. The van der Waals surface area contributed by atoms with Gasteiger partial charge in [-0.25, -0.2) is 9.37 Å². The molecule has 0 aliphatic heterocycles. The molecular formula is C22H13Cl5FN3O2. The van der Waals surface area contributed by atoms with Crippen LogP contribution in [0.5, 0.6) is 0 Å². The number of hydrogen-bond donors (Lipinski definition) is 2. The van der Waals surface area contributed by atoms with Crippen LogP contribution >= 0.6 is 58.0 Å². The molecule has 4 rings (SSSR count). The SMILES string of the molecule is O=C(Nc1cc(NC(=O)C2C(c3cc(Cl)cc(Cl)c3)C2(Cl)Cl)ccc1Cl)c1ccc(F)cn1. The van der Waals surface area contributed by atoms with Gasteiger partial charge < -0.3 is 10.6 Å². The number of amides is 2. The van der Waals surface area contributed by atoms with Crippen LogP contribution in [-0.2, 0) is 4.79 Å². The second-order valence-electron chi connectivity index (χ2n) is 7.33. The molecule has 11 heteroatoms. The maximum Gasteiger partial charge on any atom is 0.274 e. The number of hydrogen-bond acceptors (Lipinski definition) is 3. The number of pyridine rings is 1. The highest BCUT2D eigenvalue weighted by Crippen LogP contribution is 2.65. The lowest BCUT2D eigenvalue weighted by molar-refractivity contribution is -0.117. The molecular weight excluding hydrogens is 535 g/mol. The van der Waals surface area contributed by atoms with Gasteiger partial charge in [0.1, 0.15) is 15.8 Å². The Balaban J connectivity index is 1.49. The molecule has 1 aliphatic carbocycles. The average molecular weight is 548 g/mol. The van der Waals surface area contributed by atoms with Gasteiger partial charge in [-0.1, -0.05) is 34.8 Å². The highest BCUT2D eigenvalue weighted by molar-refractivity contribution is 6.53. The Bertz CT molecular complexity index is 1230. The molecule has 1 aromatic heterocycles. The highest BCUT2D eigenvalue weighted by atomic mass is 35.5. The number of anilines is 2. The molecule has 1 aliphatic rings. The van der Waals surface area contributed by atoms with Crippen molar-refractivity contribution in [3.8, 4) is 0 Å². The van der Waals surface area contributed by atoms with Crippen molar-refractivity contribution in [1.29, 1.82) is 0 Å². The summed E-state index contributed by atoms with van der Waals surface area (Å²) < 4.78 is 11.7. The van der Waals surface area contributed by atoms with Crippen LogP contribution in [0.15, 0.2) is 54.7 Å². The summed E-state index contributed by atoms with van der Waals surface area (Å²) in [7, 11) is 0. The number of benzene rings is 2. The van der Waals surface area contributed by atoms with E-state index in [9.17, 15) is 14.0 Å². The van der Waals surface area contributed by atoms with E-state index in [0.717, 1.165) is 12.3 Å². The number of carbonyl (C=O) groups is 2. The van der Waals surface area contributed by atoms with E-state index in [-0.39, 0.29) is 16.4 Å². The summed E-state index contributed by atoms with van der Waals surface area (Å²) in [4.78, 5) is 29.0. The summed E-state index contributed by atoms with van der Waals surface area (Å²) >= 11 is 31.0. The quantitative estimate of drug-likeness (QED) is 0.339. The van der Waals surface area contributed by atoms with Gasteiger partial charge in [0.2, 0.25) is 5.91 Å². The fraction of sp³-hybridized carbons (Fsp3) is 0.136. The molecule has 0 radical (unpaired) electrons. The molecule has 2 atom stereocenters. The molecule has 2 N–H and O–H groups in total. The predicted octanol–water partition coefficient (Wildman–Crippen LogP) is 6.96. The van der Waals surface area contributed by atoms with Gasteiger partial charge in [0.25, 0.3) is 5.91 Å². The number of nitrogens with one attached hydrogen (secondary N) is 2. The average Bonchev–Trinajstić information content (AvgIpc) is 3.32. The molecule has 5 nitrogen and oxygen atoms in total. The van der Waals surface area contributed by atoms with Gasteiger partial charge in [0.05, 0.1) is 22.8 Å². The topological polar surface area (TPSA) is 71.1 Å². The second kappa shape index (κ2) is 9.28. The lowest BCUT2D eigenvalue weighted by Crippen LogP contribution is -2.18. The third-order valence-electron chi connectivity index (χ3n) is 5.02. The Kier molecular flexibility index (Phi) is 6.76. The molecule has 1 saturated carbocycles. The zero-order chi connectivity index (χ0) is 23.9. The lowest BCUT2D eigenvalue weighted by atomic mass is 10.1. The Hall–Kier alpha value is -2.09.